The Morgan fingerprint density at radius 2 is 2.25 bits per heavy atom. The van der Waals surface area contributed by atoms with Crippen molar-refractivity contribution >= 4 is 16.8 Å². The molecule has 0 unspecified atom stereocenters. The third-order valence-corrected chi connectivity index (χ3v) is 4.41. The van der Waals surface area contributed by atoms with Gasteiger partial charge in [0.2, 0.25) is 0 Å². The number of halogens is 1. The molecule has 5 heteroatoms. The average Bonchev–Trinajstić information content (AvgIpc) is 3.03. The van der Waals surface area contributed by atoms with Crippen LogP contribution in [-0.4, -0.2) is 42.1 Å². The zero-order valence-electron chi connectivity index (χ0n) is 11.0. The lowest BCUT2D eigenvalue weighted by molar-refractivity contribution is -0.103. The van der Waals surface area contributed by atoms with E-state index in [0.29, 0.717) is 16.5 Å². The molecule has 0 aliphatic carbocycles. The second-order valence-electron chi connectivity index (χ2n) is 5.87. The van der Waals surface area contributed by atoms with E-state index >= 15 is 0 Å². The number of fused-ring (bicyclic) bond motifs is 1. The van der Waals surface area contributed by atoms with E-state index in [0.717, 1.165) is 32.7 Å². The molecule has 2 aromatic rings. The van der Waals surface area contributed by atoms with Crippen molar-refractivity contribution in [2.75, 3.05) is 26.3 Å². The van der Waals surface area contributed by atoms with Gasteiger partial charge in [-0.05, 0) is 24.6 Å². The molecular weight excluding hydrogens is 259 g/mol. The molecule has 2 aliphatic rings. The Labute approximate surface area is 115 Å². The molecule has 0 radical (unpaired) electrons. The maximum atomic E-state index is 13.9. The summed E-state index contributed by atoms with van der Waals surface area (Å²) in [7, 11) is 0. The van der Waals surface area contributed by atoms with Crippen molar-refractivity contribution in [1.29, 1.82) is 0 Å². The first-order chi connectivity index (χ1) is 9.67. The standard InChI is InChI=1S/C15H15FN2O2/c16-12-5-10(6-13-11(12)1-3-17-13)14(19)18-4-2-15(7-18)8-20-9-15/h1,3,5-6,17H,2,4,7-9H2. The molecule has 4 nitrogen and oxygen atoms in total. The number of H-pyrrole nitrogens is 1. The molecule has 4 rings (SSSR count). The molecule has 1 spiro atoms. The van der Waals surface area contributed by atoms with Gasteiger partial charge in [0.1, 0.15) is 5.82 Å². The van der Waals surface area contributed by atoms with E-state index in [9.17, 15) is 9.18 Å². The Kier molecular flexibility index (Phi) is 2.41. The average molecular weight is 274 g/mol. The number of hydrogen-bond donors (Lipinski definition) is 1. The fourth-order valence-corrected chi connectivity index (χ4v) is 3.16. The topological polar surface area (TPSA) is 45.3 Å². The van der Waals surface area contributed by atoms with E-state index in [4.69, 9.17) is 4.74 Å². The van der Waals surface area contributed by atoms with Gasteiger partial charge in [0, 0.05) is 41.2 Å². The van der Waals surface area contributed by atoms with Crippen molar-refractivity contribution in [1.82, 2.24) is 9.88 Å². The summed E-state index contributed by atoms with van der Waals surface area (Å²) in [5, 5.41) is 0.520. The molecule has 2 aliphatic heterocycles. The van der Waals surface area contributed by atoms with Crippen LogP contribution in [0.3, 0.4) is 0 Å². The predicted molar refractivity (Wildman–Crippen MR) is 72.0 cm³/mol. The largest absolute Gasteiger partial charge is 0.380 e. The SMILES string of the molecule is O=C(c1cc(F)c2cc[nH]c2c1)N1CCC2(COC2)C1. The molecule has 0 saturated carbocycles. The van der Waals surface area contributed by atoms with E-state index in [-0.39, 0.29) is 17.1 Å². The number of carbonyl (C=O) groups is 1. The summed E-state index contributed by atoms with van der Waals surface area (Å²) in [5.74, 6) is -0.447. The van der Waals surface area contributed by atoms with E-state index in [1.54, 1.807) is 18.3 Å². The van der Waals surface area contributed by atoms with Crippen LogP contribution in [0.5, 0.6) is 0 Å². The van der Waals surface area contributed by atoms with Crippen LogP contribution >= 0.6 is 0 Å². The first-order valence-corrected chi connectivity index (χ1v) is 6.81. The minimum Gasteiger partial charge on any atom is -0.380 e. The lowest BCUT2D eigenvalue weighted by Crippen LogP contribution is -2.45. The predicted octanol–water partition coefficient (Wildman–Crippen LogP) is 2.17. The van der Waals surface area contributed by atoms with Gasteiger partial charge < -0.3 is 14.6 Å². The second-order valence-corrected chi connectivity index (χ2v) is 5.87. The first kappa shape index (κ1) is 11.9. The van der Waals surface area contributed by atoms with Crippen LogP contribution in [0.1, 0.15) is 16.8 Å². The first-order valence-electron chi connectivity index (χ1n) is 6.81. The van der Waals surface area contributed by atoms with Gasteiger partial charge in [0.15, 0.2) is 0 Å². The highest BCUT2D eigenvalue weighted by molar-refractivity contribution is 5.98. The molecule has 0 bridgehead atoms. The van der Waals surface area contributed by atoms with Crippen molar-refractivity contribution in [2.45, 2.75) is 6.42 Å². The molecule has 20 heavy (non-hydrogen) atoms. The number of rotatable bonds is 1. The fourth-order valence-electron chi connectivity index (χ4n) is 3.16. The van der Waals surface area contributed by atoms with E-state index < -0.39 is 0 Å². The quantitative estimate of drug-likeness (QED) is 0.866. The molecule has 104 valence electrons. The molecular formula is C15H15FN2O2. The summed E-state index contributed by atoms with van der Waals surface area (Å²) in [6.07, 6.45) is 2.66. The Bertz CT molecular complexity index is 690. The monoisotopic (exact) mass is 274 g/mol. The van der Waals surface area contributed by atoms with Crippen molar-refractivity contribution in [2.24, 2.45) is 5.41 Å². The number of benzene rings is 1. The number of aromatic nitrogens is 1. The third kappa shape index (κ3) is 1.66. The van der Waals surface area contributed by atoms with Gasteiger partial charge in [-0.15, -0.1) is 0 Å². The van der Waals surface area contributed by atoms with Crippen LogP contribution in [0.4, 0.5) is 4.39 Å². The smallest absolute Gasteiger partial charge is 0.254 e. The van der Waals surface area contributed by atoms with E-state index in [1.165, 1.54) is 6.07 Å². The van der Waals surface area contributed by atoms with Gasteiger partial charge in [-0.2, -0.15) is 0 Å². The number of ether oxygens (including phenoxy) is 1. The van der Waals surface area contributed by atoms with Crippen LogP contribution in [-0.2, 0) is 4.74 Å². The summed E-state index contributed by atoms with van der Waals surface area (Å²) in [4.78, 5) is 17.3. The number of amides is 1. The number of hydrogen-bond acceptors (Lipinski definition) is 2. The molecule has 1 amide bonds. The van der Waals surface area contributed by atoms with Crippen LogP contribution in [0, 0.1) is 11.2 Å². The molecule has 0 atom stereocenters. The fraction of sp³-hybridized carbons (Fsp3) is 0.400. The minimum atomic E-state index is -0.354. The molecule has 1 N–H and O–H groups in total. The van der Waals surface area contributed by atoms with Gasteiger partial charge >= 0.3 is 0 Å². The van der Waals surface area contributed by atoms with Gasteiger partial charge in [0.05, 0.1) is 13.2 Å². The van der Waals surface area contributed by atoms with Crippen molar-refractivity contribution < 1.29 is 13.9 Å². The lowest BCUT2D eigenvalue weighted by Gasteiger charge is -2.37. The molecule has 3 heterocycles. The number of nitrogens with one attached hydrogen (secondary N) is 1. The second kappa shape index (κ2) is 4.06. The van der Waals surface area contributed by atoms with Crippen LogP contribution in [0.25, 0.3) is 10.9 Å². The maximum Gasteiger partial charge on any atom is 0.254 e. The Morgan fingerprint density at radius 3 is 2.95 bits per heavy atom. The van der Waals surface area contributed by atoms with Crippen molar-refractivity contribution in [3.63, 3.8) is 0 Å². The number of aromatic amines is 1. The summed E-state index contributed by atoms with van der Waals surface area (Å²) in [5.41, 5.74) is 1.23. The Hall–Kier alpha value is -1.88. The third-order valence-electron chi connectivity index (χ3n) is 4.41. The van der Waals surface area contributed by atoms with E-state index in [2.05, 4.69) is 4.98 Å². The highest BCUT2D eigenvalue weighted by Crippen LogP contribution is 2.38. The number of carbonyl (C=O) groups excluding carboxylic acids is 1. The molecule has 1 aromatic carbocycles. The van der Waals surface area contributed by atoms with Crippen molar-refractivity contribution in [3.8, 4) is 0 Å². The highest BCUT2D eigenvalue weighted by atomic mass is 19.1. The highest BCUT2D eigenvalue weighted by Gasteiger charge is 2.45. The number of nitrogens with zero attached hydrogens (tertiary/aromatic N) is 1. The number of likely N-dealkylation sites (tertiary alicyclic amines) is 1. The van der Waals surface area contributed by atoms with Crippen LogP contribution in [0.15, 0.2) is 24.4 Å². The van der Waals surface area contributed by atoms with Gasteiger partial charge in [-0.1, -0.05) is 0 Å². The summed E-state index contributed by atoms with van der Waals surface area (Å²) in [6, 6.07) is 4.74. The molecule has 2 fully saturated rings. The van der Waals surface area contributed by atoms with Crippen molar-refractivity contribution in [3.05, 3.63) is 35.8 Å². The summed E-state index contributed by atoms with van der Waals surface area (Å²) >= 11 is 0. The zero-order valence-corrected chi connectivity index (χ0v) is 11.0. The van der Waals surface area contributed by atoms with E-state index in [1.807, 2.05) is 4.90 Å². The minimum absolute atomic E-state index is 0.0934. The normalized spacial score (nSPS) is 20.6. The maximum absolute atomic E-state index is 13.9. The zero-order chi connectivity index (χ0) is 13.7. The molecule has 2 saturated heterocycles. The summed E-state index contributed by atoms with van der Waals surface area (Å²) < 4.78 is 19.2. The van der Waals surface area contributed by atoms with Crippen LogP contribution in [0.2, 0.25) is 0 Å². The van der Waals surface area contributed by atoms with Gasteiger partial charge in [-0.3, -0.25) is 4.79 Å². The molecule has 1 aromatic heterocycles. The lowest BCUT2D eigenvalue weighted by atomic mass is 9.85. The van der Waals surface area contributed by atoms with Gasteiger partial charge in [0.25, 0.3) is 5.91 Å². The Balaban J connectivity index is 1.63. The van der Waals surface area contributed by atoms with Gasteiger partial charge in [-0.25, -0.2) is 4.39 Å². The Morgan fingerprint density at radius 1 is 1.40 bits per heavy atom. The summed E-state index contributed by atoms with van der Waals surface area (Å²) in [6.45, 7) is 2.92. The van der Waals surface area contributed by atoms with Crippen LogP contribution < -0.4 is 0 Å².